The van der Waals surface area contributed by atoms with Crippen LogP contribution in [0.25, 0.3) is 10.4 Å². The molecule has 170 valence electrons. The quantitative estimate of drug-likeness (QED) is 0.426. The molecule has 0 radical (unpaired) electrons. The standard InChI is InChI=1S/C23H25F2N3O3S/c1-11-14(23(4,5)31)6-7-18(27-11)28-21-13(20(26)29)10-17(32-21)19-15(24)8-12(9-16(19)25)22(2,3)30/h6-10,30-31H,1-5H3,(H2,26,29)(H,27,28). The number of nitrogens with zero attached hydrogens (tertiary/aromatic N) is 1. The first-order chi connectivity index (χ1) is 14.7. The highest BCUT2D eigenvalue weighted by Gasteiger charge is 2.25. The maximum Gasteiger partial charge on any atom is 0.251 e. The lowest BCUT2D eigenvalue weighted by Gasteiger charge is -2.20. The number of thiophene rings is 1. The Balaban J connectivity index is 2.04. The van der Waals surface area contributed by atoms with Crippen molar-refractivity contribution in [1.29, 1.82) is 0 Å². The Kier molecular flexibility index (Phi) is 6.12. The molecule has 0 atom stereocenters. The van der Waals surface area contributed by atoms with Gasteiger partial charge >= 0.3 is 0 Å². The van der Waals surface area contributed by atoms with E-state index < -0.39 is 28.7 Å². The minimum atomic E-state index is -1.42. The molecule has 0 aliphatic rings. The summed E-state index contributed by atoms with van der Waals surface area (Å²) < 4.78 is 29.6. The van der Waals surface area contributed by atoms with Crippen molar-refractivity contribution in [3.05, 3.63) is 64.4 Å². The summed E-state index contributed by atoms with van der Waals surface area (Å²) in [4.78, 5) is 16.5. The Hall–Kier alpha value is -2.88. The molecule has 0 saturated carbocycles. The van der Waals surface area contributed by atoms with Crippen molar-refractivity contribution in [2.75, 3.05) is 5.32 Å². The number of hydrogen-bond acceptors (Lipinski definition) is 6. The smallest absolute Gasteiger partial charge is 0.251 e. The molecule has 0 unspecified atom stereocenters. The number of nitrogens with one attached hydrogen (secondary N) is 1. The number of pyridine rings is 1. The number of carbonyl (C=O) groups excluding carboxylic acids is 1. The summed E-state index contributed by atoms with van der Waals surface area (Å²) in [5.74, 6) is -2.12. The topological polar surface area (TPSA) is 108 Å². The molecule has 0 aliphatic carbocycles. The van der Waals surface area contributed by atoms with Gasteiger partial charge in [0.25, 0.3) is 5.91 Å². The third-order valence-electron chi connectivity index (χ3n) is 4.98. The summed E-state index contributed by atoms with van der Waals surface area (Å²) in [5.41, 5.74) is 4.04. The van der Waals surface area contributed by atoms with Crippen LogP contribution in [-0.4, -0.2) is 21.1 Å². The van der Waals surface area contributed by atoms with Crippen LogP contribution in [-0.2, 0) is 11.2 Å². The van der Waals surface area contributed by atoms with Crippen LogP contribution in [0.5, 0.6) is 0 Å². The summed E-state index contributed by atoms with van der Waals surface area (Å²) in [6.07, 6.45) is 0. The zero-order chi connectivity index (χ0) is 24.0. The van der Waals surface area contributed by atoms with Crippen molar-refractivity contribution in [2.45, 2.75) is 45.8 Å². The first kappa shape index (κ1) is 23.8. The summed E-state index contributed by atoms with van der Waals surface area (Å²) in [6.45, 7) is 7.89. The van der Waals surface area contributed by atoms with Gasteiger partial charge in [0.1, 0.15) is 22.5 Å². The van der Waals surface area contributed by atoms with E-state index in [0.717, 1.165) is 23.5 Å². The minimum Gasteiger partial charge on any atom is -0.386 e. The lowest BCUT2D eigenvalue weighted by Crippen LogP contribution is -2.18. The monoisotopic (exact) mass is 461 g/mol. The lowest BCUT2D eigenvalue weighted by molar-refractivity contribution is 0.0771. The van der Waals surface area contributed by atoms with Crippen LogP contribution >= 0.6 is 11.3 Å². The molecule has 9 heteroatoms. The van der Waals surface area contributed by atoms with Crippen LogP contribution in [0.3, 0.4) is 0 Å². The second-order valence-electron chi connectivity index (χ2n) is 8.61. The van der Waals surface area contributed by atoms with Gasteiger partial charge in [-0.05, 0) is 64.4 Å². The van der Waals surface area contributed by atoms with E-state index in [0.29, 0.717) is 17.1 Å². The zero-order valence-electron chi connectivity index (χ0n) is 18.4. The normalized spacial score (nSPS) is 12.2. The molecule has 1 amide bonds. The fourth-order valence-electron chi connectivity index (χ4n) is 3.35. The molecule has 0 aliphatic heterocycles. The number of aliphatic hydroxyl groups is 2. The fraction of sp³-hybridized carbons (Fsp3) is 0.304. The Morgan fingerprint density at radius 3 is 2.12 bits per heavy atom. The van der Waals surface area contributed by atoms with Gasteiger partial charge in [-0.2, -0.15) is 0 Å². The Bertz CT molecular complexity index is 1170. The maximum atomic E-state index is 14.8. The third kappa shape index (κ3) is 4.79. The number of aromatic nitrogens is 1. The molecule has 0 bridgehead atoms. The fourth-order valence-corrected chi connectivity index (χ4v) is 4.46. The number of aryl methyl sites for hydroxylation is 1. The van der Waals surface area contributed by atoms with Crippen LogP contribution in [0, 0.1) is 18.6 Å². The largest absolute Gasteiger partial charge is 0.386 e. The Labute approximate surface area is 188 Å². The molecule has 2 heterocycles. The number of carbonyl (C=O) groups is 1. The molecule has 3 rings (SSSR count). The van der Waals surface area contributed by atoms with Crippen molar-refractivity contribution in [2.24, 2.45) is 5.73 Å². The van der Waals surface area contributed by atoms with E-state index in [1.807, 2.05) is 0 Å². The van der Waals surface area contributed by atoms with Gasteiger partial charge in [-0.3, -0.25) is 4.79 Å². The average Bonchev–Trinajstić information content (AvgIpc) is 3.02. The van der Waals surface area contributed by atoms with Crippen LogP contribution in [0.2, 0.25) is 0 Å². The predicted octanol–water partition coefficient (Wildman–Crippen LogP) is 4.69. The first-order valence-corrected chi connectivity index (χ1v) is 10.6. The molecule has 2 aromatic heterocycles. The molecular weight excluding hydrogens is 436 g/mol. The molecule has 32 heavy (non-hydrogen) atoms. The molecule has 3 aromatic rings. The molecule has 5 N–H and O–H groups in total. The predicted molar refractivity (Wildman–Crippen MR) is 121 cm³/mol. The Morgan fingerprint density at radius 2 is 1.66 bits per heavy atom. The van der Waals surface area contributed by atoms with Crippen molar-refractivity contribution in [1.82, 2.24) is 4.98 Å². The van der Waals surface area contributed by atoms with Crippen LogP contribution in [0.1, 0.15) is 54.9 Å². The lowest BCUT2D eigenvalue weighted by atomic mass is 9.96. The Morgan fingerprint density at radius 1 is 1.06 bits per heavy atom. The third-order valence-corrected chi connectivity index (χ3v) is 6.05. The maximum absolute atomic E-state index is 14.8. The van der Waals surface area contributed by atoms with E-state index >= 15 is 0 Å². The SMILES string of the molecule is Cc1nc(Nc2sc(-c3c(F)cc(C(C)(C)O)cc3F)cc2C(N)=O)ccc1C(C)(C)O. The van der Waals surface area contributed by atoms with Gasteiger partial charge in [0.05, 0.1) is 22.3 Å². The van der Waals surface area contributed by atoms with Gasteiger partial charge in [-0.25, -0.2) is 13.8 Å². The first-order valence-electron chi connectivity index (χ1n) is 9.82. The number of primary amides is 1. The summed E-state index contributed by atoms with van der Waals surface area (Å²) >= 11 is 0.949. The van der Waals surface area contributed by atoms with Crippen molar-refractivity contribution in [3.8, 4) is 10.4 Å². The molecule has 0 fully saturated rings. The van der Waals surface area contributed by atoms with E-state index in [2.05, 4.69) is 10.3 Å². The molecule has 0 spiro atoms. The molecule has 1 aromatic carbocycles. The number of halogens is 2. The molecular formula is C23H25F2N3O3S. The number of rotatable bonds is 6. The van der Waals surface area contributed by atoms with Crippen LogP contribution in [0.4, 0.5) is 19.6 Å². The highest BCUT2D eigenvalue weighted by Crippen LogP contribution is 2.40. The molecule has 6 nitrogen and oxygen atoms in total. The summed E-state index contributed by atoms with van der Waals surface area (Å²) in [5, 5.41) is 23.5. The number of anilines is 2. The van der Waals surface area contributed by atoms with Gasteiger partial charge in [-0.1, -0.05) is 6.07 Å². The summed E-state index contributed by atoms with van der Waals surface area (Å²) in [7, 11) is 0. The van der Waals surface area contributed by atoms with Crippen LogP contribution < -0.4 is 11.1 Å². The second kappa shape index (κ2) is 8.23. The van der Waals surface area contributed by atoms with Crippen molar-refractivity contribution in [3.63, 3.8) is 0 Å². The van der Waals surface area contributed by atoms with E-state index in [1.165, 1.54) is 19.9 Å². The number of hydrogen-bond donors (Lipinski definition) is 4. The highest BCUT2D eigenvalue weighted by molar-refractivity contribution is 7.20. The van der Waals surface area contributed by atoms with E-state index in [4.69, 9.17) is 5.73 Å². The second-order valence-corrected chi connectivity index (χ2v) is 9.66. The zero-order valence-corrected chi connectivity index (χ0v) is 19.2. The van der Waals surface area contributed by atoms with Gasteiger partial charge in [0.15, 0.2) is 0 Å². The van der Waals surface area contributed by atoms with Crippen molar-refractivity contribution < 1.29 is 23.8 Å². The summed E-state index contributed by atoms with van der Waals surface area (Å²) in [6, 6.07) is 6.78. The van der Waals surface area contributed by atoms with E-state index in [9.17, 15) is 23.8 Å². The number of amides is 1. The minimum absolute atomic E-state index is 0.0568. The van der Waals surface area contributed by atoms with Crippen molar-refractivity contribution >= 4 is 28.1 Å². The van der Waals surface area contributed by atoms with Gasteiger partial charge in [-0.15, -0.1) is 11.3 Å². The number of nitrogens with two attached hydrogens (primary N) is 1. The molecule has 0 saturated heterocycles. The van der Waals surface area contributed by atoms with Gasteiger partial charge in [0, 0.05) is 16.1 Å². The average molecular weight is 462 g/mol. The van der Waals surface area contributed by atoms with Crippen LogP contribution in [0.15, 0.2) is 30.3 Å². The van der Waals surface area contributed by atoms with E-state index in [-0.39, 0.29) is 26.6 Å². The van der Waals surface area contributed by atoms with E-state index in [1.54, 1.807) is 32.9 Å². The highest BCUT2D eigenvalue weighted by atomic mass is 32.1. The van der Waals surface area contributed by atoms with Gasteiger partial charge in [0.2, 0.25) is 0 Å². The number of benzene rings is 1. The van der Waals surface area contributed by atoms with Gasteiger partial charge < -0.3 is 21.3 Å².